The van der Waals surface area contributed by atoms with E-state index in [0.29, 0.717) is 0 Å². The lowest BCUT2D eigenvalue weighted by molar-refractivity contribution is 0.202. The van der Waals surface area contributed by atoms with Gasteiger partial charge in [-0.1, -0.05) is 64.7 Å². The molecule has 0 bridgehead atoms. The van der Waals surface area contributed by atoms with Crippen LogP contribution >= 0.6 is 8.60 Å². The molecule has 3 nitrogen and oxygen atoms in total. The second kappa shape index (κ2) is 15.4. The van der Waals surface area contributed by atoms with Gasteiger partial charge in [-0.2, -0.15) is 0 Å². The van der Waals surface area contributed by atoms with Gasteiger partial charge in [0.1, 0.15) is 0 Å². The van der Waals surface area contributed by atoms with Crippen molar-refractivity contribution >= 4 is 8.60 Å². The van der Waals surface area contributed by atoms with Gasteiger partial charge < -0.3 is 13.6 Å². The van der Waals surface area contributed by atoms with E-state index in [1.54, 1.807) is 14.2 Å². The summed E-state index contributed by atoms with van der Waals surface area (Å²) in [5.41, 5.74) is 0. The van der Waals surface area contributed by atoms with Crippen molar-refractivity contribution in [2.24, 2.45) is 0 Å². The minimum Gasteiger partial charge on any atom is -0.316 e. The number of hydrogen-bond donors (Lipinski definition) is 0. The molecule has 0 aliphatic rings. The Labute approximate surface area is 115 Å². The minimum absolute atomic E-state index is 0.754. The van der Waals surface area contributed by atoms with Gasteiger partial charge in [0.25, 0.3) is 0 Å². The first-order valence-electron chi connectivity index (χ1n) is 7.36. The van der Waals surface area contributed by atoms with Crippen molar-refractivity contribution in [3.8, 4) is 0 Å². The second-order valence-corrected chi connectivity index (χ2v) is 6.04. The van der Waals surface area contributed by atoms with E-state index >= 15 is 0 Å². The largest absolute Gasteiger partial charge is 0.332 e. The van der Waals surface area contributed by atoms with Gasteiger partial charge >= 0.3 is 8.60 Å². The smallest absolute Gasteiger partial charge is 0.316 e. The summed E-state index contributed by atoms with van der Waals surface area (Å²) in [7, 11) is 2.15. The zero-order chi connectivity index (χ0) is 13.5. The summed E-state index contributed by atoms with van der Waals surface area (Å²) in [4.78, 5) is 0. The summed E-state index contributed by atoms with van der Waals surface area (Å²) < 4.78 is 15.5. The van der Waals surface area contributed by atoms with Crippen LogP contribution in [0.1, 0.15) is 71.1 Å². The van der Waals surface area contributed by atoms with Crippen LogP contribution < -0.4 is 0 Å². The van der Waals surface area contributed by atoms with Crippen molar-refractivity contribution in [1.82, 2.24) is 0 Å². The van der Waals surface area contributed by atoms with Crippen LogP contribution in [-0.2, 0) is 13.6 Å². The Morgan fingerprint density at radius 2 is 1.11 bits per heavy atom. The summed E-state index contributed by atoms with van der Waals surface area (Å²) in [6.07, 6.45) is 13.5. The first kappa shape index (κ1) is 18.3. The van der Waals surface area contributed by atoms with Crippen molar-refractivity contribution < 1.29 is 13.6 Å². The average Bonchev–Trinajstić information content (AvgIpc) is 2.40. The van der Waals surface area contributed by atoms with E-state index in [1.807, 2.05) is 0 Å². The molecule has 0 saturated heterocycles. The predicted octanol–water partition coefficient (Wildman–Crippen LogP) is 5.44. The van der Waals surface area contributed by atoms with Crippen molar-refractivity contribution in [3.63, 3.8) is 0 Å². The molecule has 0 unspecified atom stereocenters. The Kier molecular flexibility index (Phi) is 15.6. The number of rotatable bonds is 14. The molecular weight excluding hydrogens is 247 g/mol. The van der Waals surface area contributed by atoms with Crippen molar-refractivity contribution in [2.45, 2.75) is 71.1 Å². The lowest BCUT2D eigenvalue weighted by Crippen LogP contribution is -1.93. The second-order valence-electron chi connectivity index (χ2n) is 4.60. The Balaban J connectivity index is 3.03. The normalized spacial score (nSPS) is 11.3. The van der Waals surface area contributed by atoms with E-state index in [9.17, 15) is 0 Å². The van der Waals surface area contributed by atoms with Gasteiger partial charge in [0.2, 0.25) is 0 Å². The van der Waals surface area contributed by atoms with E-state index in [0.717, 1.165) is 13.0 Å². The topological polar surface area (TPSA) is 27.7 Å². The van der Waals surface area contributed by atoms with Gasteiger partial charge in [0, 0.05) is 14.2 Å². The first-order valence-corrected chi connectivity index (χ1v) is 8.46. The highest BCUT2D eigenvalue weighted by molar-refractivity contribution is 7.41. The molecule has 18 heavy (non-hydrogen) atoms. The third kappa shape index (κ3) is 12.8. The van der Waals surface area contributed by atoms with Gasteiger partial charge in [-0.25, -0.2) is 0 Å². The van der Waals surface area contributed by atoms with E-state index < -0.39 is 8.60 Å². The molecule has 0 atom stereocenters. The fraction of sp³-hybridized carbons (Fsp3) is 1.00. The summed E-state index contributed by atoms with van der Waals surface area (Å²) in [6, 6.07) is 0. The summed E-state index contributed by atoms with van der Waals surface area (Å²) >= 11 is 0. The third-order valence-corrected chi connectivity index (χ3v) is 3.98. The molecule has 0 saturated carbocycles. The zero-order valence-corrected chi connectivity index (χ0v) is 13.3. The molecule has 0 aromatic heterocycles. The van der Waals surface area contributed by atoms with Crippen molar-refractivity contribution in [1.29, 1.82) is 0 Å². The van der Waals surface area contributed by atoms with Crippen LogP contribution in [0.5, 0.6) is 0 Å². The maximum Gasteiger partial charge on any atom is 0.332 e. The van der Waals surface area contributed by atoms with Gasteiger partial charge in [0.15, 0.2) is 0 Å². The van der Waals surface area contributed by atoms with Gasteiger partial charge in [0.05, 0.1) is 6.61 Å². The molecule has 0 aliphatic heterocycles. The Morgan fingerprint density at radius 3 is 1.56 bits per heavy atom. The SMILES string of the molecule is CCCCCCCCCCCCOP(OC)OC. The van der Waals surface area contributed by atoms with Crippen molar-refractivity contribution in [2.75, 3.05) is 20.8 Å². The molecule has 0 aromatic rings. The third-order valence-electron chi connectivity index (χ3n) is 2.99. The van der Waals surface area contributed by atoms with Gasteiger partial charge in [-0.05, 0) is 6.42 Å². The lowest BCUT2D eigenvalue weighted by Gasteiger charge is -2.11. The van der Waals surface area contributed by atoms with Crippen LogP contribution in [-0.4, -0.2) is 20.8 Å². The van der Waals surface area contributed by atoms with E-state index in [-0.39, 0.29) is 0 Å². The van der Waals surface area contributed by atoms with Gasteiger partial charge in [-0.3, -0.25) is 0 Å². The molecule has 0 aromatic carbocycles. The Hall–Kier alpha value is 0.310. The van der Waals surface area contributed by atoms with E-state index in [4.69, 9.17) is 13.6 Å². The standard InChI is InChI=1S/C14H31O3P/c1-4-5-6-7-8-9-10-11-12-13-14-17-18(15-2)16-3/h4-14H2,1-3H3. The van der Waals surface area contributed by atoms with Crippen LogP contribution in [0.2, 0.25) is 0 Å². The molecule has 0 fully saturated rings. The quantitative estimate of drug-likeness (QED) is 0.312. The molecule has 0 amide bonds. The van der Waals surface area contributed by atoms with Crippen molar-refractivity contribution in [3.05, 3.63) is 0 Å². The molecule has 0 heterocycles. The molecule has 0 aliphatic carbocycles. The Morgan fingerprint density at radius 1 is 0.667 bits per heavy atom. The molecule has 0 spiro atoms. The number of unbranched alkanes of at least 4 members (excludes halogenated alkanes) is 9. The molecule has 0 N–H and O–H groups in total. The molecular formula is C14H31O3P. The summed E-state index contributed by atoms with van der Waals surface area (Å²) in [5.74, 6) is 0. The van der Waals surface area contributed by atoms with Crippen LogP contribution in [0, 0.1) is 0 Å². The van der Waals surface area contributed by atoms with Crippen LogP contribution in [0.15, 0.2) is 0 Å². The number of hydrogen-bond acceptors (Lipinski definition) is 3. The lowest BCUT2D eigenvalue weighted by atomic mass is 10.1. The maximum absolute atomic E-state index is 5.43. The fourth-order valence-electron chi connectivity index (χ4n) is 1.91. The first-order chi connectivity index (χ1) is 8.85. The molecule has 110 valence electrons. The van der Waals surface area contributed by atoms with Crippen LogP contribution in [0.25, 0.3) is 0 Å². The highest BCUT2D eigenvalue weighted by Crippen LogP contribution is 2.37. The highest BCUT2D eigenvalue weighted by Gasteiger charge is 2.05. The van der Waals surface area contributed by atoms with E-state index in [1.165, 1.54) is 57.8 Å². The Bertz CT molecular complexity index is 152. The molecule has 0 radical (unpaired) electrons. The van der Waals surface area contributed by atoms with Crippen LogP contribution in [0.4, 0.5) is 0 Å². The molecule has 0 rings (SSSR count). The maximum atomic E-state index is 5.43. The summed E-state index contributed by atoms with van der Waals surface area (Å²) in [5, 5.41) is 0. The molecule has 4 heteroatoms. The zero-order valence-electron chi connectivity index (χ0n) is 12.5. The highest BCUT2D eigenvalue weighted by atomic mass is 31.2. The predicted molar refractivity (Wildman–Crippen MR) is 78.7 cm³/mol. The summed E-state index contributed by atoms with van der Waals surface area (Å²) in [6.45, 7) is 3.02. The monoisotopic (exact) mass is 278 g/mol. The minimum atomic E-state index is -1.09. The average molecular weight is 278 g/mol. The fourth-order valence-corrected chi connectivity index (χ4v) is 2.55. The van der Waals surface area contributed by atoms with Gasteiger partial charge in [-0.15, -0.1) is 0 Å². The van der Waals surface area contributed by atoms with Crippen LogP contribution in [0.3, 0.4) is 0 Å². The van der Waals surface area contributed by atoms with E-state index in [2.05, 4.69) is 6.92 Å².